The molecule has 1 saturated heterocycles. The van der Waals surface area contributed by atoms with E-state index < -0.39 is 11.8 Å². The highest BCUT2D eigenvalue weighted by molar-refractivity contribution is 9.10. The van der Waals surface area contributed by atoms with E-state index in [4.69, 9.17) is 17.0 Å². The first kappa shape index (κ1) is 20.7. The number of benzene rings is 2. The number of carbonyl (C=O) groups excluding carboxylic acids is 2. The Kier molecular flexibility index (Phi) is 6.32. The van der Waals surface area contributed by atoms with Gasteiger partial charge in [0, 0.05) is 18.6 Å². The molecular formula is C20H16Br2N2O3S. The molecule has 144 valence electrons. The van der Waals surface area contributed by atoms with E-state index in [0.717, 1.165) is 14.5 Å². The molecule has 3 rings (SSSR count). The van der Waals surface area contributed by atoms with E-state index in [2.05, 4.69) is 31.9 Å². The number of likely N-dealkylation sites (N-methyl/N-ethyl adjacent to an activating group) is 2. The Balaban J connectivity index is 1.79. The zero-order valence-electron chi connectivity index (χ0n) is 15.1. The lowest BCUT2D eigenvalue weighted by Gasteiger charge is -2.31. The van der Waals surface area contributed by atoms with Crippen LogP contribution in [-0.2, 0) is 16.2 Å². The molecule has 2 aromatic rings. The molecule has 1 aliphatic rings. The van der Waals surface area contributed by atoms with Crippen LogP contribution in [0.1, 0.15) is 11.1 Å². The summed E-state index contributed by atoms with van der Waals surface area (Å²) in [7, 11) is 3.10. The molecule has 0 bridgehead atoms. The van der Waals surface area contributed by atoms with Gasteiger partial charge in [0.05, 0.1) is 4.47 Å². The summed E-state index contributed by atoms with van der Waals surface area (Å²) in [5.74, 6) is -0.165. The standard InChI is InChI=1S/C20H16Br2N2O3S/c1-23-18(25)15(19(26)24(2)20(23)28)9-13-5-8-17(16(22)10-13)27-11-12-3-6-14(21)7-4-12/h3-10H,11H2,1-2H3. The summed E-state index contributed by atoms with van der Waals surface area (Å²) >= 11 is 12.0. The molecule has 0 aromatic heterocycles. The van der Waals surface area contributed by atoms with Gasteiger partial charge in [-0.15, -0.1) is 0 Å². The van der Waals surface area contributed by atoms with Crippen molar-refractivity contribution in [2.75, 3.05) is 14.1 Å². The molecule has 28 heavy (non-hydrogen) atoms. The maximum atomic E-state index is 12.4. The fraction of sp³-hybridized carbons (Fsp3) is 0.150. The molecule has 5 nitrogen and oxygen atoms in total. The highest BCUT2D eigenvalue weighted by Gasteiger charge is 2.35. The highest BCUT2D eigenvalue weighted by atomic mass is 79.9. The number of ether oxygens (including phenoxy) is 1. The number of nitrogens with zero attached hydrogens (tertiary/aromatic N) is 2. The van der Waals surface area contributed by atoms with Crippen molar-refractivity contribution in [2.24, 2.45) is 0 Å². The van der Waals surface area contributed by atoms with Crippen LogP contribution in [0, 0.1) is 0 Å². The van der Waals surface area contributed by atoms with Gasteiger partial charge in [-0.05, 0) is 69.6 Å². The van der Waals surface area contributed by atoms with Gasteiger partial charge in [-0.25, -0.2) is 0 Å². The fourth-order valence-electron chi connectivity index (χ4n) is 2.61. The average molecular weight is 524 g/mol. The summed E-state index contributed by atoms with van der Waals surface area (Å²) in [6.45, 7) is 0.427. The van der Waals surface area contributed by atoms with Crippen molar-refractivity contribution in [3.05, 3.63) is 68.1 Å². The summed E-state index contributed by atoms with van der Waals surface area (Å²) in [6, 6.07) is 13.3. The summed E-state index contributed by atoms with van der Waals surface area (Å²) in [5, 5.41) is 0.185. The zero-order chi connectivity index (χ0) is 20.4. The van der Waals surface area contributed by atoms with Crippen molar-refractivity contribution in [3.8, 4) is 5.75 Å². The zero-order valence-corrected chi connectivity index (χ0v) is 19.1. The maximum Gasteiger partial charge on any atom is 0.265 e. The third kappa shape index (κ3) is 4.34. The van der Waals surface area contributed by atoms with Crippen LogP contribution in [0.3, 0.4) is 0 Å². The molecule has 0 spiro atoms. The predicted molar refractivity (Wildman–Crippen MR) is 119 cm³/mol. The van der Waals surface area contributed by atoms with Crippen molar-refractivity contribution in [3.63, 3.8) is 0 Å². The van der Waals surface area contributed by atoms with E-state index in [1.165, 1.54) is 9.80 Å². The fourth-order valence-corrected chi connectivity index (χ4v) is 3.55. The maximum absolute atomic E-state index is 12.4. The lowest BCUT2D eigenvalue weighted by atomic mass is 10.1. The molecule has 0 saturated carbocycles. The normalized spacial score (nSPS) is 14.6. The topological polar surface area (TPSA) is 49.9 Å². The van der Waals surface area contributed by atoms with Gasteiger partial charge < -0.3 is 4.74 Å². The van der Waals surface area contributed by atoms with Crippen molar-refractivity contribution >= 4 is 67.1 Å². The molecule has 1 aliphatic heterocycles. The van der Waals surface area contributed by atoms with E-state index in [0.29, 0.717) is 17.9 Å². The smallest absolute Gasteiger partial charge is 0.265 e. The quantitative estimate of drug-likeness (QED) is 0.339. The Labute approximate surface area is 185 Å². The molecule has 1 fully saturated rings. The van der Waals surface area contributed by atoms with Gasteiger partial charge >= 0.3 is 0 Å². The van der Waals surface area contributed by atoms with E-state index in [-0.39, 0.29) is 10.7 Å². The minimum atomic E-state index is -0.417. The number of amides is 2. The third-order valence-corrected chi connectivity index (χ3v) is 5.91. The van der Waals surface area contributed by atoms with E-state index in [9.17, 15) is 9.59 Å². The number of carbonyl (C=O) groups is 2. The largest absolute Gasteiger partial charge is 0.488 e. The van der Waals surface area contributed by atoms with Crippen LogP contribution in [0.25, 0.3) is 6.08 Å². The van der Waals surface area contributed by atoms with Crippen LogP contribution in [0.15, 0.2) is 57.0 Å². The van der Waals surface area contributed by atoms with Crippen molar-refractivity contribution in [1.29, 1.82) is 0 Å². The van der Waals surface area contributed by atoms with Gasteiger partial charge in [0.25, 0.3) is 11.8 Å². The summed E-state index contributed by atoms with van der Waals surface area (Å²) in [6.07, 6.45) is 1.56. The minimum absolute atomic E-state index is 0.0639. The van der Waals surface area contributed by atoms with E-state index in [1.54, 1.807) is 38.4 Å². The molecule has 2 amide bonds. The summed E-state index contributed by atoms with van der Waals surface area (Å²) < 4.78 is 7.59. The number of rotatable bonds is 4. The molecule has 0 radical (unpaired) electrons. The highest BCUT2D eigenvalue weighted by Crippen LogP contribution is 2.28. The summed E-state index contributed by atoms with van der Waals surface area (Å²) in [5.41, 5.74) is 1.81. The predicted octanol–water partition coefficient (Wildman–Crippen LogP) is 4.39. The monoisotopic (exact) mass is 522 g/mol. The van der Waals surface area contributed by atoms with Gasteiger partial charge in [0.15, 0.2) is 5.11 Å². The lowest BCUT2D eigenvalue weighted by molar-refractivity contribution is -0.132. The third-order valence-electron chi connectivity index (χ3n) is 4.22. The molecular weight excluding hydrogens is 508 g/mol. The molecule has 0 unspecified atom stereocenters. The van der Waals surface area contributed by atoms with Crippen molar-refractivity contribution < 1.29 is 14.3 Å². The Hall–Kier alpha value is -2.03. The Morgan fingerprint density at radius 1 is 1.00 bits per heavy atom. The Bertz CT molecular complexity index is 963. The first-order valence-corrected chi connectivity index (χ1v) is 10.3. The molecule has 0 N–H and O–H groups in total. The van der Waals surface area contributed by atoms with E-state index in [1.807, 2.05) is 24.3 Å². The molecule has 0 atom stereocenters. The van der Waals surface area contributed by atoms with Crippen LogP contribution in [0.4, 0.5) is 0 Å². The van der Waals surface area contributed by atoms with Crippen LogP contribution in [0.2, 0.25) is 0 Å². The van der Waals surface area contributed by atoms with Crippen LogP contribution < -0.4 is 4.74 Å². The van der Waals surface area contributed by atoms with Crippen LogP contribution >= 0.6 is 44.1 Å². The first-order valence-electron chi connectivity index (χ1n) is 8.26. The number of halogens is 2. The minimum Gasteiger partial charge on any atom is -0.488 e. The van der Waals surface area contributed by atoms with Gasteiger partial charge in [-0.3, -0.25) is 19.4 Å². The van der Waals surface area contributed by atoms with Gasteiger partial charge in [-0.1, -0.05) is 34.1 Å². The van der Waals surface area contributed by atoms with E-state index >= 15 is 0 Å². The lowest BCUT2D eigenvalue weighted by Crippen LogP contribution is -2.52. The molecule has 8 heteroatoms. The second-order valence-electron chi connectivity index (χ2n) is 6.17. The number of hydrogen-bond donors (Lipinski definition) is 0. The average Bonchev–Trinajstić information content (AvgIpc) is 2.69. The van der Waals surface area contributed by atoms with Crippen molar-refractivity contribution in [1.82, 2.24) is 9.80 Å². The molecule has 0 aliphatic carbocycles. The van der Waals surface area contributed by atoms with Crippen LogP contribution in [0.5, 0.6) is 5.75 Å². The number of thiocarbonyl (C=S) groups is 1. The van der Waals surface area contributed by atoms with Gasteiger partial charge in [0.2, 0.25) is 0 Å². The first-order chi connectivity index (χ1) is 13.3. The molecule has 1 heterocycles. The Morgan fingerprint density at radius 3 is 2.18 bits per heavy atom. The Morgan fingerprint density at radius 2 is 1.61 bits per heavy atom. The van der Waals surface area contributed by atoms with Gasteiger partial charge in [0.1, 0.15) is 17.9 Å². The van der Waals surface area contributed by atoms with Crippen LogP contribution in [-0.4, -0.2) is 40.8 Å². The van der Waals surface area contributed by atoms with Crippen molar-refractivity contribution in [2.45, 2.75) is 6.61 Å². The SMILES string of the molecule is CN1C(=O)C(=Cc2ccc(OCc3ccc(Br)cc3)c(Br)c2)C(=O)N(C)C1=S. The summed E-state index contributed by atoms with van der Waals surface area (Å²) in [4.78, 5) is 27.4. The van der Waals surface area contributed by atoms with Gasteiger partial charge in [-0.2, -0.15) is 0 Å². The number of hydrogen-bond acceptors (Lipinski definition) is 4. The molecule has 2 aromatic carbocycles. The second kappa shape index (κ2) is 8.55. The second-order valence-corrected chi connectivity index (χ2v) is 8.31.